The van der Waals surface area contributed by atoms with Crippen molar-refractivity contribution < 1.29 is 4.42 Å². The molecule has 1 aromatic heterocycles. The molecule has 0 bridgehead atoms. The van der Waals surface area contributed by atoms with Crippen LogP contribution in [-0.2, 0) is 10.8 Å². The topological polar surface area (TPSA) is 16.4 Å². The third-order valence-electron chi connectivity index (χ3n) is 15.1. The van der Waals surface area contributed by atoms with Gasteiger partial charge >= 0.3 is 0 Å². The predicted molar refractivity (Wildman–Crippen MR) is 273 cm³/mol. The summed E-state index contributed by atoms with van der Waals surface area (Å²) in [6.07, 6.45) is 0. The van der Waals surface area contributed by atoms with E-state index >= 15 is 0 Å². The van der Waals surface area contributed by atoms with Crippen molar-refractivity contribution in [2.24, 2.45) is 0 Å². The predicted octanol–water partition coefficient (Wildman–Crippen LogP) is 17.0. The fraction of sp³-hybridized carbons (Fsp3) is 0.0625. The lowest BCUT2D eigenvalue weighted by atomic mass is 9.70. The summed E-state index contributed by atoms with van der Waals surface area (Å²) in [6.45, 7) is 4.76. The van der Waals surface area contributed by atoms with E-state index in [1.165, 1.54) is 83.5 Å². The van der Waals surface area contributed by atoms with E-state index in [4.69, 9.17) is 4.42 Å². The molecule has 0 fully saturated rings. The van der Waals surface area contributed by atoms with Gasteiger partial charge in [0.25, 0.3) is 0 Å². The van der Waals surface area contributed by atoms with Crippen molar-refractivity contribution in [3.05, 3.63) is 258 Å². The fourth-order valence-electron chi connectivity index (χ4n) is 12.2. The third-order valence-corrected chi connectivity index (χ3v) is 15.1. The molecule has 310 valence electrons. The molecule has 66 heavy (non-hydrogen) atoms. The second kappa shape index (κ2) is 13.7. The first kappa shape index (κ1) is 37.2. The standard InChI is InChI=1S/C64H43NO/c1-63(2)52-25-13-9-21-46(52)49-35-34-45(38-56(49)63)65(44-32-29-42(30-33-44)40-17-5-3-6-18-40)62-60-50-24-12-16-28-55(50)64(53-26-14-10-22-47(53)48-23-11-15-27-54(48)64)57(60)39-59-61(62)51-37-43(31-36-58(51)66-59)41-19-7-4-8-20-41/h3-39H,1-2H3. The minimum absolute atomic E-state index is 0.195. The highest BCUT2D eigenvalue weighted by atomic mass is 16.3. The average Bonchev–Trinajstić information content (AvgIpc) is 4.06. The monoisotopic (exact) mass is 841 g/mol. The van der Waals surface area contributed by atoms with Crippen LogP contribution >= 0.6 is 0 Å². The van der Waals surface area contributed by atoms with E-state index in [1.54, 1.807) is 0 Å². The van der Waals surface area contributed by atoms with Crippen LogP contribution in [-0.4, -0.2) is 0 Å². The lowest BCUT2D eigenvalue weighted by molar-refractivity contribution is 0.660. The zero-order valence-corrected chi connectivity index (χ0v) is 36.7. The first-order chi connectivity index (χ1) is 32.5. The van der Waals surface area contributed by atoms with Gasteiger partial charge in [0.05, 0.1) is 16.5 Å². The Morgan fingerprint density at radius 1 is 0.348 bits per heavy atom. The zero-order valence-electron chi connectivity index (χ0n) is 36.7. The maximum atomic E-state index is 7.21. The summed E-state index contributed by atoms with van der Waals surface area (Å²) in [4.78, 5) is 2.56. The molecule has 1 spiro atoms. The molecular weight excluding hydrogens is 799 g/mol. The summed E-state index contributed by atoms with van der Waals surface area (Å²) in [6, 6.07) is 83.1. The van der Waals surface area contributed by atoms with E-state index < -0.39 is 5.41 Å². The molecule has 0 N–H and O–H groups in total. The number of benzene rings is 10. The van der Waals surface area contributed by atoms with Gasteiger partial charge in [-0.25, -0.2) is 0 Å². The summed E-state index contributed by atoms with van der Waals surface area (Å²) in [5.74, 6) is 0. The van der Waals surface area contributed by atoms with Gasteiger partial charge in [-0.2, -0.15) is 0 Å². The van der Waals surface area contributed by atoms with Gasteiger partial charge in [-0.15, -0.1) is 0 Å². The fourth-order valence-corrected chi connectivity index (χ4v) is 12.2. The van der Waals surface area contributed by atoms with Crippen molar-refractivity contribution in [1.29, 1.82) is 0 Å². The Hall–Kier alpha value is -8.20. The normalized spacial score (nSPS) is 14.2. The van der Waals surface area contributed by atoms with Crippen LogP contribution in [0.15, 0.2) is 229 Å². The van der Waals surface area contributed by atoms with Crippen molar-refractivity contribution in [3.63, 3.8) is 0 Å². The Kier molecular flexibility index (Phi) is 7.70. The van der Waals surface area contributed by atoms with Crippen LogP contribution in [0.1, 0.15) is 47.2 Å². The molecule has 3 aliphatic carbocycles. The summed E-state index contributed by atoms with van der Waals surface area (Å²) >= 11 is 0. The number of anilines is 3. The highest BCUT2D eigenvalue weighted by molar-refractivity contribution is 6.20. The van der Waals surface area contributed by atoms with Gasteiger partial charge in [-0.05, 0) is 126 Å². The molecule has 10 aromatic carbocycles. The van der Waals surface area contributed by atoms with Gasteiger partial charge in [0.15, 0.2) is 0 Å². The van der Waals surface area contributed by atoms with Gasteiger partial charge in [-0.1, -0.05) is 196 Å². The van der Waals surface area contributed by atoms with Crippen LogP contribution < -0.4 is 4.90 Å². The van der Waals surface area contributed by atoms with Crippen LogP contribution in [0.2, 0.25) is 0 Å². The van der Waals surface area contributed by atoms with Gasteiger partial charge < -0.3 is 9.32 Å². The van der Waals surface area contributed by atoms with Crippen LogP contribution in [0.4, 0.5) is 17.1 Å². The molecule has 0 amide bonds. The van der Waals surface area contributed by atoms with Crippen molar-refractivity contribution in [2.75, 3.05) is 4.90 Å². The molecule has 2 heteroatoms. The van der Waals surface area contributed by atoms with Gasteiger partial charge in [-0.3, -0.25) is 0 Å². The number of furan rings is 1. The molecule has 0 saturated carbocycles. The van der Waals surface area contributed by atoms with Gasteiger partial charge in [0, 0.05) is 27.7 Å². The Balaban J connectivity index is 1.14. The molecule has 1 heterocycles. The first-order valence-electron chi connectivity index (χ1n) is 23.1. The molecule has 0 unspecified atom stereocenters. The molecule has 0 aliphatic heterocycles. The van der Waals surface area contributed by atoms with E-state index in [0.29, 0.717) is 0 Å². The average molecular weight is 842 g/mol. The first-order valence-corrected chi connectivity index (χ1v) is 23.1. The van der Waals surface area contributed by atoms with E-state index in [2.05, 4.69) is 243 Å². The van der Waals surface area contributed by atoms with Gasteiger partial charge in [0.1, 0.15) is 11.2 Å². The summed E-state index contributed by atoms with van der Waals surface area (Å²) in [5.41, 5.74) is 24.5. The minimum atomic E-state index is -0.569. The van der Waals surface area contributed by atoms with E-state index in [-0.39, 0.29) is 5.41 Å². The molecule has 11 aromatic rings. The lowest BCUT2D eigenvalue weighted by Crippen LogP contribution is -2.26. The van der Waals surface area contributed by atoms with Crippen molar-refractivity contribution in [2.45, 2.75) is 24.7 Å². The summed E-state index contributed by atoms with van der Waals surface area (Å²) < 4.78 is 7.21. The molecule has 14 rings (SSSR count). The highest BCUT2D eigenvalue weighted by Gasteiger charge is 2.53. The maximum absolute atomic E-state index is 7.21. The number of hydrogen-bond donors (Lipinski definition) is 0. The highest BCUT2D eigenvalue weighted by Crippen LogP contribution is 2.66. The molecular formula is C64H43NO. The van der Waals surface area contributed by atoms with Crippen LogP contribution in [0.5, 0.6) is 0 Å². The SMILES string of the molecule is CC1(C)c2ccccc2-c2ccc(N(c3ccc(-c4ccccc4)cc3)c3c4c(cc5oc6ccc(-c7ccccc7)cc6c35)C3(c5ccccc5-c5ccccc53)c3ccccc3-4)cc21. The van der Waals surface area contributed by atoms with Crippen LogP contribution in [0, 0.1) is 0 Å². The van der Waals surface area contributed by atoms with Crippen LogP contribution in [0.25, 0.3) is 77.6 Å². The number of fused-ring (bicyclic) bond motifs is 16. The van der Waals surface area contributed by atoms with Gasteiger partial charge in [0.2, 0.25) is 0 Å². The van der Waals surface area contributed by atoms with Crippen molar-refractivity contribution in [3.8, 4) is 55.6 Å². The second-order valence-corrected chi connectivity index (χ2v) is 18.7. The summed E-state index contributed by atoms with van der Waals surface area (Å²) in [5, 5.41) is 2.19. The van der Waals surface area contributed by atoms with Crippen molar-refractivity contribution in [1.82, 2.24) is 0 Å². The smallest absolute Gasteiger partial charge is 0.137 e. The molecule has 2 nitrogen and oxygen atoms in total. The van der Waals surface area contributed by atoms with Crippen LogP contribution in [0.3, 0.4) is 0 Å². The molecule has 0 radical (unpaired) electrons. The third kappa shape index (κ3) is 4.96. The Bertz CT molecular complexity index is 3740. The molecule has 3 aliphatic rings. The number of nitrogens with zero attached hydrogens (tertiary/aromatic N) is 1. The minimum Gasteiger partial charge on any atom is -0.456 e. The Morgan fingerprint density at radius 2 is 0.833 bits per heavy atom. The number of rotatable bonds is 5. The number of hydrogen-bond acceptors (Lipinski definition) is 2. The quantitative estimate of drug-likeness (QED) is 0.172. The van der Waals surface area contributed by atoms with E-state index in [1.807, 2.05) is 0 Å². The lowest BCUT2D eigenvalue weighted by Gasteiger charge is -2.32. The van der Waals surface area contributed by atoms with E-state index in [9.17, 15) is 0 Å². The second-order valence-electron chi connectivity index (χ2n) is 18.7. The molecule has 0 atom stereocenters. The van der Waals surface area contributed by atoms with Crippen molar-refractivity contribution >= 4 is 39.0 Å². The van der Waals surface area contributed by atoms with E-state index in [0.717, 1.165) is 44.6 Å². The largest absolute Gasteiger partial charge is 0.456 e. The zero-order chi connectivity index (χ0) is 43.7. The Labute approximate surface area is 384 Å². The Morgan fingerprint density at radius 3 is 1.48 bits per heavy atom. The maximum Gasteiger partial charge on any atom is 0.137 e. The molecule has 0 saturated heterocycles. The summed E-state index contributed by atoms with van der Waals surface area (Å²) in [7, 11) is 0.